The van der Waals surface area contributed by atoms with Gasteiger partial charge in [-0.2, -0.15) is 0 Å². The molecule has 0 heterocycles. The van der Waals surface area contributed by atoms with Crippen LogP contribution in [0.15, 0.2) is 0 Å². The first-order valence-corrected chi connectivity index (χ1v) is 1.48. The van der Waals surface area contributed by atoms with Crippen molar-refractivity contribution in [3.8, 4) is 0 Å². The smallest absolute Gasteiger partial charge is 0.424 e. The third-order valence-electron chi connectivity index (χ3n) is 0.272. The van der Waals surface area contributed by atoms with Crippen LogP contribution in [0.5, 0.6) is 0 Å². The minimum absolute atomic E-state index is 0. The molecule has 3 N–H and O–H groups in total. The number of hydrogen-bond donors (Lipinski definition) is 2. The summed E-state index contributed by atoms with van der Waals surface area (Å²) in [5.41, 5.74) is 4.86. The van der Waals surface area contributed by atoms with E-state index in [4.69, 9.17) is 10.8 Å². The van der Waals surface area contributed by atoms with E-state index in [1.807, 2.05) is 0 Å². The Labute approximate surface area is 52.0 Å². The van der Waals surface area contributed by atoms with Crippen LogP contribution in [0.25, 0.3) is 0 Å². The van der Waals surface area contributed by atoms with Crippen LogP contribution in [0.2, 0.25) is 0 Å². The summed E-state index contributed by atoms with van der Waals surface area (Å²) in [5.74, 6) is 0. The summed E-state index contributed by atoms with van der Waals surface area (Å²) in [7, 11) is 0. The zero-order chi connectivity index (χ0) is 4.28. The molecule has 0 aliphatic carbocycles. The van der Waals surface area contributed by atoms with Crippen LogP contribution >= 0.6 is 0 Å². The molecule has 3 heteroatoms. The zero-order valence-corrected chi connectivity index (χ0v) is 6.36. The SMILES string of the molecule is [CH2-]C(O)CN.[W+2]. The molecule has 0 saturated carbocycles. The van der Waals surface area contributed by atoms with Gasteiger partial charge in [0, 0.05) is 0 Å². The third-order valence-corrected chi connectivity index (χ3v) is 0.272. The average molecular weight is 258 g/mol. The van der Waals surface area contributed by atoms with Crippen LogP contribution in [0, 0.1) is 6.92 Å². The number of aliphatic hydroxyl groups excluding tert-OH is 1. The van der Waals surface area contributed by atoms with Crippen molar-refractivity contribution in [3.05, 3.63) is 6.92 Å². The van der Waals surface area contributed by atoms with Crippen LogP contribution < -0.4 is 5.73 Å². The summed E-state index contributed by atoms with van der Waals surface area (Å²) in [6, 6.07) is 0. The Morgan fingerprint density at radius 2 is 2.00 bits per heavy atom. The molecule has 0 fully saturated rings. The Bertz CT molecular complexity index is 24.8. The molecule has 1 atom stereocenters. The molecule has 0 spiro atoms. The molecule has 0 aliphatic heterocycles. The van der Waals surface area contributed by atoms with Gasteiger partial charge in [-0.25, -0.2) is 0 Å². The van der Waals surface area contributed by atoms with Crippen molar-refractivity contribution in [3.63, 3.8) is 0 Å². The van der Waals surface area contributed by atoms with Crippen LogP contribution in [0.1, 0.15) is 0 Å². The first-order valence-electron chi connectivity index (χ1n) is 1.48. The summed E-state index contributed by atoms with van der Waals surface area (Å²) >= 11 is 0. The summed E-state index contributed by atoms with van der Waals surface area (Å²) in [6.07, 6.45) is -0.588. The second kappa shape index (κ2) is 5.61. The van der Waals surface area contributed by atoms with Crippen LogP contribution in [0.4, 0.5) is 0 Å². The van der Waals surface area contributed by atoms with Gasteiger partial charge in [0.2, 0.25) is 0 Å². The minimum atomic E-state index is -0.588. The van der Waals surface area contributed by atoms with E-state index in [0.29, 0.717) is 0 Å². The second-order valence-corrected chi connectivity index (χ2v) is 0.890. The maximum absolute atomic E-state index is 8.12. The van der Waals surface area contributed by atoms with E-state index in [0.717, 1.165) is 0 Å². The fourth-order valence-corrected chi connectivity index (χ4v) is 0. The molecule has 36 valence electrons. The summed E-state index contributed by atoms with van der Waals surface area (Å²) in [6.45, 7) is 3.44. The van der Waals surface area contributed by atoms with Gasteiger partial charge in [0.15, 0.2) is 0 Å². The van der Waals surface area contributed by atoms with Gasteiger partial charge in [-0.15, -0.1) is 0 Å². The number of nitrogens with two attached hydrogens (primary N) is 1. The normalized spacial score (nSPS) is 12.5. The maximum Gasteiger partial charge on any atom is 2.00 e. The fourth-order valence-electron chi connectivity index (χ4n) is 0. The topological polar surface area (TPSA) is 46.2 Å². The number of hydrogen-bond acceptors (Lipinski definition) is 2. The fraction of sp³-hybridized carbons (Fsp3) is 0.667. The molecular formula is C3H8NOW+. The molecule has 0 aliphatic rings. The van der Waals surface area contributed by atoms with Gasteiger partial charge in [-0.1, -0.05) is 6.10 Å². The van der Waals surface area contributed by atoms with Crippen molar-refractivity contribution in [1.29, 1.82) is 0 Å². The number of aliphatic hydroxyl groups is 1. The predicted octanol–water partition coefficient (Wildman–Crippen LogP) is -0.862. The summed E-state index contributed by atoms with van der Waals surface area (Å²) in [4.78, 5) is 0. The van der Waals surface area contributed by atoms with Crippen molar-refractivity contribution in [2.45, 2.75) is 6.10 Å². The van der Waals surface area contributed by atoms with Crippen molar-refractivity contribution in [2.75, 3.05) is 6.54 Å². The van der Waals surface area contributed by atoms with E-state index < -0.39 is 6.10 Å². The van der Waals surface area contributed by atoms with Gasteiger partial charge >= 0.3 is 21.1 Å². The van der Waals surface area contributed by atoms with Crippen LogP contribution in [-0.4, -0.2) is 17.8 Å². The van der Waals surface area contributed by atoms with Gasteiger partial charge in [0.25, 0.3) is 0 Å². The van der Waals surface area contributed by atoms with Gasteiger partial charge in [0.1, 0.15) is 0 Å². The molecule has 6 heavy (non-hydrogen) atoms. The molecule has 0 radical (unpaired) electrons. The Hall–Kier alpha value is 0.608. The molecule has 0 aromatic rings. The monoisotopic (exact) mass is 258 g/mol. The van der Waals surface area contributed by atoms with E-state index in [1.54, 1.807) is 0 Å². The van der Waals surface area contributed by atoms with E-state index in [-0.39, 0.29) is 27.6 Å². The molecule has 0 amide bonds. The van der Waals surface area contributed by atoms with Crippen LogP contribution in [0.3, 0.4) is 0 Å². The van der Waals surface area contributed by atoms with Crippen molar-refractivity contribution in [2.24, 2.45) is 5.73 Å². The van der Waals surface area contributed by atoms with E-state index in [9.17, 15) is 0 Å². The van der Waals surface area contributed by atoms with Gasteiger partial charge in [-0.05, 0) is 6.54 Å². The zero-order valence-electron chi connectivity index (χ0n) is 3.42. The van der Waals surface area contributed by atoms with Crippen molar-refractivity contribution < 1.29 is 26.2 Å². The standard InChI is InChI=1S/C3H8NO.W/c1-3(5)2-4;/h3,5H,1-2,4H2;/q-1;+2. The third kappa shape index (κ3) is 8.82. The molecule has 0 bridgehead atoms. The molecule has 1 unspecified atom stereocenters. The second-order valence-electron chi connectivity index (χ2n) is 0.890. The summed E-state index contributed by atoms with van der Waals surface area (Å²) < 4.78 is 0. The van der Waals surface area contributed by atoms with Gasteiger partial charge in [-0.3, -0.25) is 0 Å². The average Bonchev–Trinajstić information content (AvgIpc) is 1.38. The minimum Gasteiger partial charge on any atom is -0.424 e. The maximum atomic E-state index is 8.12. The molecule has 0 rings (SSSR count). The Morgan fingerprint density at radius 1 is 1.83 bits per heavy atom. The predicted molar refractivity (Wildman–Crippen MR) is 20.4 cm³/mol. The van der Waals surface area contributed by atoms with Gasteiger partial charge in [0.05, 0.1) is 0 Å². The largest absolute Gasteiger partial charge is 2.00 e. The molecular weight excluding hydrogens is 250 g/mol. The molecule has 0 aromatic heterocycles. The van der Waals surface area contributed by atoms with E-state index in [1.165, 1.54) is 0 Å². The van der Waals surface area contributed by atoms with Crippen LogP contribution in [-0.2, 0) is 21.1 Å². The Morgan fingerprint density at radius 3 is 2.00 bits per heavy atom. The molecule has 2 nitrogen and oxygen atoms in total. The van der Waals surface area contributed by atoms with Gasteiger partial charge < -0.3 is 17.8 Å². The molecule has 0 saturated heterocycles. The first kappa shape index (κ1) is 9.79. The van der Waals surface area contributed by atoms with Crippen molar-refractivity contribution >= 4 is 0 Å². The summed E-state index contributed by atoms with van der Waals surface area (Å²) in [5, 5.41) is 8.12. The first-order chi connectivity index (χ1) is 2.27. The Kier molecular flexibility index (Phi) is 9.15. The quantitative estimate of drug-likeness (QED) is 0.601. The van der Waals surface area contributed by atoms with Crippen molar-refractivity contribution in [1.82, 2.24) is 0 Å². The van der Waals surface area contributed by atoms with E-state index >= 15 is 0 Å². The molecule has 0 aromatic carbocycles. The van der Waals surface area contributed by atoms with E-state index in [2.05, 4.69) is 6.92 Å². The Balaban J connectivity index is 0. The number of rotatable bonds is 1.